The first-order valence-electron chi connectivity index (χ1n) is 9.93. The molecule has 0 fully saturated rings. The van der Waals surface area contributed by atoms with Crippen molar-refractivity contribution in [2.75, 3.05) is 7.11 Å². The lowest BCUT2D eigenvalue weighted by atomic mass is 9.89. The van der Waals surface area contributed by atoms with E-state index in [9.17, 15) is 14.4 Å². The SMILES string of the molecule is COC(=O)C1Cc2c([nH]c3ccccc23)C(C(=O)C(Cl)c2cccc(C(=O)C(O)O)c2)N1. The molecule has 3 unspecified atom stereocenters. The summed E-state index contributed by atoms with van der Waals surface area (Å²) in [6, 6.07) is 11.7. The van der Waals surface area contributed by atoms with Crippen LogP contribution in [-0.2, 0) is 20.7 Å². The fourth-order valence-electron chi connectivity index (χ4n) is 4.06. The van der Waals surface area contributed by atoms with E-state index in [1.54, 1.807) is 6.07 Å². The molecule has 0 amide bonds. The minimum Gasteiger partial charge on any atom is -0.468 e. The van der Waals surface area contributed by atoms with Gasteiger partial charge in [-0.05, 0) is 23.3 Å². The Bertz CT molecular complexity index is 1200. The van der Waals surface area contributed by atoms with Crippen molar-refractivity contribution in [1.82, 2.24) is 10.3 Å². The highest BCUT2D eigenvalue weighted by molar-refractivity contribution is 6.32. The second-order valence-corrected chi connectivity index (χ2v) is 8.01. The molecule has 3 aromatic rings. The fourth-order valence-corrected chi connectivity index (χ4v) is 4.32. The maximum absolute atomic E-state index is 13.5. The van der Waals surface area contributed by atoms with Crippen molar-refractivity contribution in [3.63, 3.8) is 0 Å². The minimum absolute atomic E-state index is 0.0197. The van der Waals surface area contributed by atoms with Crippen LogP contribution in [0.3, 0.4) is 0 Å². The molecule has 2 heterocycles. The van der Waals surface area contributed by atoms with Gasteiger partial charge in [-0.2, -0.15) is 0 Å². The van der Waals surface area contributed by atoms with Gasteiger partial charge in [0.05, 0.1) is 7.11 Å². The van der Waals surface area contributed by atoms with Gasteiger partial charge >= 0.3 is 5.97 Å². The number of H-pyrrole nitrogens is 1. The number of hydrogen-bond donors (Lipinski definition) is 4. The maximum atomic E-state index is 13.5. The van der Waals surface area contributed by atoms with Crippen LogP contribution in [0.2, 0.25) is 0 Å². The molecule has 1 aliphatic heterocycles. The molecule has 0 saturated carbocycles. The number of ether oxygens (including phenoxy) is 1. The minimum atomic E-state index is -2.16. The number of benzene rings is 2. The molecule has 0 radical (unpaired) electrons. The number of carbonyl (C=O) groups is 3. The number of halogens is 1. The number of aliphatic hydroxyl groups excluding tert-OH is 1. The van der Waals surface area contributed by atoms with Gasteiger partial charge in [0.25, 0.3) is 0 Å². The number of alkyl halides is 1. The van der Waals surface area contributed by atoms with Crippen LogP contribution in [0.4, 0.5) is 0 Å². The third kappa shape index (κ3) is 3.93. The van der Waals surface area contributed by atoms with Gasteiger partial charge in [-0.15, -0.1) is 11.6 Å². The number of para-hydroxylation sites is 1. The lowest BCUT2D eigenvalue weighted by molar-refractivity contribution is -0.143. The molecule has 1 aliphatic rings. The van der Waals surface area contributed by atoms with Crippen molar-refractivity contribution < 1.29 is 29.3 Å². The van der Waals surface area contributed by atoms with Crippen LogP contribution >= 0.6 is 11.6 Å². The molecule has 8 nitrogen and oxygen atoms in total. The van der Waals surface area contributed by atoms with Crippen molar-refractivity contribution >= 4 is 40.0 Å². The summed E-state index contributed by atoms with van der Waals surface area (Å²) in [6.45, 7) is 0. The molecule has 2 aromatic carbocycles. The molecule has 0 bridgehead atoms. The number of carbonyl (C=O) groups excluding carboxylic acids is 3. The van der Waals surface area contributed by atoms with E-state index in [1.165, 1.54) is 25.3 Å². The molecule has 32 heavy (non-hydrogen) atoms. The lowest BCUT2D eigenvalue weighted by Gasteiger charge is -2.30. The van der Waals surface area contributed by atoms with Crippen LogP contribution in [0.1, 0.15) is 38.6 Å². The van der Waals surface area contributed by atoms with Crippen LogP contribution in [0.25, 0.3) is 10.9 Å². The van der Waals surface area contributed by atoms with Gasteiger partial charge < -0.3 is 19.9 Å². The molecule has 1 aromatic heterocycles. The van der Waals surface area contributed by atoms with Crippen LogP contribution < -0.4 is 5.32 Å². The summed E-state index contributed by atoms with van der Waals surface area (Å²) in [5.74, 6) is -1.82. The van der Waals surface area contributed by atoms with E-state index < -0.39 is 41.3 Å². The standard InChI is InChI=1S/C23H21ClN2O6/c1-32-23(31)16-10-14-13-7-2-3-8-15(13)25-18(14)19(26-16)21(28)17(24)11-5-4-6-12(9-11)20(27)22(29)30/h2-9,16-17,19,22,25-26,29-30H,10H2,1H3. The van der Waals surface area contributed by atoms with Crippen LogP contribution in [0.5, 0.6) is 0 Å². The number of Topliss-reactive ketones (excluding diaryl/α,β-unsaturated/α-hetero) is 2. The van der Waals surface area contributed by atoms with E-state index in [1.807, 2.05) is 24.3 Å². The summed E-state index contributed by atoms with van der Waals surface area (Å²) in [4.78, 5) is 40.9. The number of fused-ring (bicyclic) bond motifs is 3. The maximum Gasteiger partial charge on any atom is 0.323 e. The van der Waals surface area contributed by atoms with Crippen LogP contribution in [0, 0.1) is 0 Å². The number of ketones is 2. The summed E-state index contributed by atoms with van der Waals surface area (Å²) >= 11 is 6.52. The van der Waals surface area contributed by atoms with Gasteiger partial charge in [0, 0.05) is 28.6 Å². The zero-order chi connectivity index (χ0) is 23.0. The van der Waals surface area contributed by atoms with E-state index >= 15 is 0 Å². The second-order valence-electron chi connectivity index (χ2n) is 7.57. The van der Waals surface area contributed by atoms with Gasteiger partial charge in [0.15, 0.2) is 5.78 Å². The zero-order valence-corrected chi connectivity index (χ0v) is 17.8. The number of rotatable bonds is 6. The van der Waals surface area contributed by atoms with Gasteiger partial charge in [0.2, 0.25) is 12.1 Å². The van der Waals surface area contributed by atoms with Gasteiger partial charge in [-0.3, -0.25) is 19.7 Å². The van der Waals surface area contributed by atoms with Crippen molar-refractivity contribution in [3.8, 4) is 0 Å². The van der Waals surface area contributed by atoms with Gasteiger partial charge in [-0.25, -0.2) is 0 Å². The van der Waals surface area contributed by atoms with E-state index in [2.05, 4.69) is 10.3 Å². The number of nitrogens with one attached hydrogen (secondary N) is 2. The zero-order valence-electron chi connectivity index (χ0n) is 17.0. The van der Waals surface area contributed by atoms with Crippen molar-refractivity contribution in [1.29, 1.82) is 0 Å². The molecule has 4 N–H and O–H groups in total. The summed E-state index contributed by atoms with van der Waals surface area (Å²) in [6.07, 6.45) is -1.81. The Hall–Kier alpha value is -3.04. The van der Waals surface area contributed by atoms with Crippen molar-refractivity contribution in [3.05, 3.63) is 70.9 Å². The van der Waals surface area contributed by atoms with Gasteiger partial charge in [0.1, 0.15) is 17.5 Å². The Morgan fingerprint density at radius 2 is 1.88 bits per heavy atom. The number of aromatic nitrogens is 1. The Labute approximate surface area is 188 Å². The Kier molecular flexibility index (Phi) is 6.12. The van der Waals surface area contributed by atoms with Crippen LogP contribution in [-0.4, -0.2) is 52.2 Å². The van der Waals surface area contributed by atoms with E-state index in [0.717, 1.165) is 16.5 Å². The predicted molar refractivity (Wildman–Crippen MR) is 116 cm³/mol. The molecule has 4 rings (SSSR count). The highest BCUT2D eigenvalue weighted by Gasteiger charge is 2.39. The summed E-state index contributed by atoms with van der Waals surface area (Å²) in [7, 11) is 1.29. The van der Waals surface area contributed by atoms with Crippen molar-refractivity contribution in [2.45, 2.75) is 30.2 Å². The normalized spacial score (nSPS) is 18.9. The fraction of sp³-hybridized carbons (Fsp3) is 0.261. The van der Waals surface area contributed by atoms with Gasteiger partial charge in [-0.1, -0.05) is 36.4 Å². The number of methoxy groups -OCH3 is 1. The predicted octanol–water partition coefficient (Wildman–Crippen LogP) is 1.94. The third-order valence-electron chi connectivity index (χ3n) is 5.63. The number of esters is 1. The first kappa shape index (κ1) is 22.2. The third-order valence-corrected chi connectivity index (χ3v) is 6.10. The largest absolute Gasteiger partial charge is 0.468 e. The van der Waals surface area contributed by atoms with E-state index in [4.69, 9.17) is 26.6 Å². The van der Waals surface area contributed by atoms with Crippen molar-refractivity contribution in [2.24, 2.45) is 0 Å². The molecule has 0 saturated heterocycles. The average Bonchev–Trinajstić information content (AvgIpc) is 3.20. The van der Waals surface area contributed by atoms with E-state index in [-0.39, 0.29) is 5.56 Å². The quantitative estimate of drug-likeness (QED) is 0.193. The Morgan fingerprint density at radius 1 is 1.12 bits per heavy atom. The second kappa shape index (κ2) is 8.84. The monoisotopic (exact) mass is 456 g/mol. The van der Waals surface area contributed by atoms with E-state index in [0.29, 0.717) is 17.7 Å². The summed E-state index contributed by atoms with van der Waals surface area (Å²) < 4.78 is 4.89. The summed E-state index contributed by atoms with van der Waals surface area (Å²) in [5, 5.41) is 21.1. The highest BCUT2D eigenvalue weighted by Crippen LogP contribution is 2.36. The number of hydrogen-bond acceptors (Lipinski definition) is 7. The molecule has 166 valence electrons. The topological polar surface area (TPSA) is 129 Å². The molecule has 0 spiro atoms. The molecule has 9 heteroatoms. The van der Waals surface area contributed by atoms with Crippen LogP contribution in [0.15, 0.2) is 48.5 Å². The average molecular weight is 457 g/mol. The summed E-state index contributed by atoms with van der Waals surface area (Å²) in [5.41, 5.74) is 2.64. The Balaban J connectivity index is 1.72. The number of aliphatic hydroxyl groups is 2. The molecular weight excluding hydrogens is 436 g/mol. The molecular formula is C23H21ClN2O6. The smallest absolute Gasteiger partial charge is 0.323 e. The first-order valence-corrected chi connectivity index (χ1v) is 10.4. The molecule has 0 aliphatic carbocycles. The highest BCUT2D eigenvalue weighted by atomic mass is 35.5. The Morgan fingerprint density at radius 3 is 2.59 bits per heavy atom. The lowest BCUT2D eigenvalue weighted by Crippen LogP contribution is -2.48. The number of aromatic amines is 1. The first-order chi connectivity index (χ1) is 15.3. The molecule has 3 atom stereocenters.